The molecule has 0 atom stereocenters. The van der Waals surface area contributed by atoms with Gasteiger partial charge < -0.3 is 0 Å². The van der Waals surface area contributed by atoms with Gasteiger partial charge in [-0.3, -0.25) is 0 Å². The first-order valence-electron chi connectivity index (χ1n) is 6.78. The summed E-state index contributed by atoms with van der Waals surface area (Å²) in [6.45, 7) is 14.2. The minimum Gasteiger partial charge on any atom is -0.247 e. The standard InChI is InChI=1S/C7H13N3.C6H11N3.6CH4/c1-6-8-5-10(9-6)7(2,3)4;1-6(2,3)9-5-4-7-8-9;;;;;;/h5H,1-4H3;4-5H,1-3H3;6*1H4/i;4D;;;;;;. The van der Waals surface area contributed by atoms with Crippen molar-refractivity contribution in [2.45, 2.75) is 104 Å². The average Bonchev–Trinajstić information content (AvgIpc) is 2.85. The largest absolute Gasteiger partial charge is 0.247 e. The molecule has 0 amide bonds. The molecule has 154 valence electrons. The van der Waals surface area contributed by atoms with Crippen LogP contribution in [0.4, 0.5) is 0 Å². The minimum atomic E-state index is -0.0632. The van der Waals surface area contributed by atoms with Crippen LogP contribution in [-0.4, -0.2) is 29.8 Å². The Morgan fingerprint density at radius 3 is 1.44 bits per heavy atom. The summed E-state index contributed by atoms with van der Waals surface area (Å²) in [6, 6.07) is 0. The van der Waals surface area contributed by atoms with Crippen LogP contribution < -0.4 is 0 Å². The quantitative estimate of drug-likeness (QED) is 0.561. The molecule has 0 saturated heterocycles. The van der Waals surface area contributed by atoms with Gasteiger partial charge in [0, 0.05) is 6.20 Å². The number of rotatable bonds is 0. The van der Waals surface area contributed by atoms with Gasteiger partial charge in [0.05, 0.1) is 18.6 Å². The molecule has 2 heterocycles. The van der Waals surface area contributed by atoms with Gasteiger partial charge in [0.15, 0.2) is 0 Å². The summed E-state index contributed by atoms with van der Waals surface area (Å²) in [6.07, 6.45) is 3.59. The van der Waals surface area contributed by atoms with Crippen molar-refractivity contribution in [1.29, 1.82) is 0 Å². The molecule has 0 unspecified atom stereocenters. The van der Waals surface area contributed by atoms with E-state index in [1.165, 1.54) is 0 Å². The molecule has 0 aliphatic rings. The maximum absolute atomic E-state index is 7.10. The monoisotopic (exact) mass is 361 g/mol. The summed E-state index contributed by atoms with van der Waals surface area (Å²) in [4.78, 5) is 4.03. The molecule has 0 spiro atoms. The van der Waals surface area contributed by atoms with Crippen molar-refractivity contribution in [3.63, 3.8) is 0 Å². The summed E-state index contributed by atoms with van der Waals surface area (Å²) in [5.41, 5.74) is -0.00639. The molecule has 0 saturated carbocycles. The van der Waals surface area contributed by atoms with Crippen LogP contribution in [0.2, 0.25) is 0 Å². The number of aromatic nitrogens is 6. The smallest absolute Gasteiger partial charge is 0.147 e. The Labute approximate surface area is 160 Å². The number of nitrogens with zero attached hydrogens (tertiary/aromatic N) is 6. The second-order valence-corrected chi connectivity index (χ2v) is 6.37. The maximum Gasteiger partial charge on any atom is 0.147 e. The third-order valence-electron chi connectivity index (χ3n) is 2.36. The van der Waals surface area contributed by atoms with Crippen LogP contribution in [0.25, 0.3) is 0 Å². The lowest BCUT2D eigenvalue weighted by atomic mass is 10.1. The lowest BCUT2D eigenvalue weighted by Gasteiger charge is -2.17. The van der Waals surface area contributed by atoms with Crippen molar-refractivity contribution in [2.24, 2.45) is 0 Å². The molecule has 0 aliphatic heterocycles. The molecule has 0 aliphatic carbocycles. The summed E-state index contributed by atoms with van der Waals surface area (Å²) in [5, 5.41) is 11.5. The highest BCUT2D eigenvalue weighted by Gasteiger charge is 2.13. The Kier molecular flexibility index (Phi) is 20.2. The van der Waals surface area contributed by atoms with Gasteiger partial charge in [0.25, 0.3) is 0 Å². The Balaban J connectivity index is -0.0000000625. The van der Waals surface area contributed by atoms with Crippen LogP contribution in [0.1, 0.15) is 93.3 Å². The van der Waals surface area contributed by atoms with Gasteiger partial charge in [0.1, 0.15) is 12.2 Å². The third kappa shape index (κ3) is 13.3. The molecule has 0 aromatic carbocycles. The minimum absolute atomic E-state index is 0. The summed E-state index contributed by atoms with van der Waals surface area (Å²) < 4.78 is 10.6. The molecule has 2 rings (SSSR count). The molecule has 6 heteroatoms. The van der Waals surface area contributed by atoms with Crippen molar-refractivity contribution in [3.05, 3.63) is 24.5 Å². The van der Waals surface area contributed by atoms with Gasteiger partial charge in [-0.05, 0) is 48.5 Å². The number of aryl methyl sites for hydroxylation is 1. The average molecular weight is 362 g/mol. The van der Waals surface area contributed by atoms with E-state index >= 15 is 0 Å². The normalized spacial score (nSPS) is 9.64. The Hall–Kier alpha value is -1.72. The Morgan fingerprint density at radius 1 is 0.840 bits per heavy atom. The first-order valence-corrected chi connectivity index (χ1v) is 6.28. The second-order valence-electron chi connectivity index (χ2n) is 6.37. The van der Waals surface area contributed by atoms with Crippen molar-refractivity contribution >= 4 is 0 Å². The molecule has 6 nitrogen and oxygen atoms in total. The topological polar surface area (TPSA) is 61.4 Å². The number of hydrogen-bond acceptors (Lipinski definition) is 4. The van der Waals surface area contributed by atoms with E-state index in [1.807, 2.05) is 32.4 Å². The van der Waals surface area contributed by atoms with Gasteiger partial charge in [-0.2, -0.15) is 5.10 Å². The second kappa shape index (κ2) is 14.6. The zero-order chi connectivity index (χ0) is 15.6. The number of hydrogen-bond donors (Lipinski definition) is 0. The van der Waals surface area contributed by atoms with E-state index in [0.29, 0.717) is 0 Å². The maximum atomic E-state index is 7.10. The highest BCUT2D eigenvalue weighted by molar-refractivity contribution is 4.80. The van der Waals surface area contributed by atoms with Gasteiger partial charge in [-0.1, -0.05) is 49.8 Å². The predicted molar refractivity (Wildman–Crippen MR) is 115 cm³/mol. The molecular weight excluding hydrogens is 312 g/mol. The van der Waals surface area contributed by atoms with Gasteiger partial charge in [-0.25, -0.2) is 14.3 Å². The van der Waals surface area contributed by atoms with Crippen molar-refractivity contribution in [2.75, 3.05) is 0 Å². The Morgan fingerprint density at radius 2 is 1.28 bits per heavy atom. The van der Waals surface area contributed by atoms with E-state index in [4.69, 9.17) is 1.37 Å². The van der Waals surface area contributed by atoms with Crippen LogP contribution >= 0.6 is 0 Å². The molecule has 2 aromatic rings. The molecule has 25 heavy (non-hydrogen) atoms. The fraction of sp³-hybridized carbons (Fsp3) is 0.789. The van der Waals surface area contributed by atoms with Crippen molar-refractivity contribution in [3.8, 4) is 0 Å². The fourth-order valence-electron chi connectivity index (χ4n) is 1.18. The van der Waals surface area contributed by atoms with E-state index in [1.54, 1.807) is 17.2 Å². The molecular formula is C19H48N6. The van der Waals surface area contributed by atoms with Gasteiger partial charge >= 0.3 is 0 Å². The Bertz CT molecular complexity index is 497. The van der Waals surface area contributed by atoms with E-state index in [-0.39, 0.29) is 61.8 Å². The van der Waals surface area contributed by atoms with Crippen molar-refractivity contribution < 1.29 is 1.37 Å². The molecule has 0 bridgehead atoms. The van der Waals surface area contributed by atoms with E-state index in [9.17, 15) is 0 Å². The SMILES string of the molecule is C.C.C.C.C.C.Cc1ncn(C(C)(C)C)n1.[2H]c1cn(C(C)(C)C)nn1. The third-order valence-corrected chi connectivity index (χ3v) is 2.36. The highest BCUT2D eigenvalue weighted by Crippen LogP contribution is 2.10. The van der Waals surface area contributed by atoms with E-state index < -0.39 is 0 Å². The molecule has 0 fully saturated rings. The zero-order valence-corrected chi connectivity index (χ0v) is 12.8. The predicted octanol–water partition coefficient (Wildman–Crippen LogP) is 6.19. The first kappa shape index (κ1) is 34.6. The van der Waals surface area contributed by atoms with Gasteiger partial charge in [0.2, 0.25) is 0 Å². The first-order chi connectivity index (χ1) is 9.00. The van der Waals surface area contributed by atoms with Crippen LogP contribution in [0.15, 0.2) is 18.7 Å². The van der Waals surface area contributed by atoms with Crippen LogP contribution in [-0.2, 0) is 11.1 Å². The van der Waals surface area contributed by atoms with Crippen LogP contribution in [0.3, 0.4) is 0 Å². The van der Waals surface area contributed by atoms with E-state index in [0.717, 1.165) is 5.82 Å². The summed E-state index contributed by atoms with van der Waals surface area (Å²) >= 11 is 0. The van der Waals surface area contributed by atoms with Gasteiger partial charge in [-0.15, -0.1) is 5.10 Å². The molecule has 2 aromatic heterocycles. The van der Waals surface area contributed by atoms with Crippen LogP contribution in [0.5, 0.6) is 0 Å². The van der Waals surface area contributed by atoms with E-state index in [2.05, 4.69) is 41.2 Å². The fourth-order valence-corrected chi connectivity index (χ4v) is 1.18. The lowest BCUT2D eigenvalue weighted by molar-refractivity contribution is 0.347. The lowest BCUT2D eigenvalue weighted by Crippen LogP contribution is -2.22. The summed E-state index contributed by atoms with van der Waals surface area (Å²) in [7, 11) is 0. The molecule has 0 N–H and O–H groups in total. The molecule has 0 radical (unpaired) electrons. The van der Waals surface area contributed by atoms with Crippen LogP contribution in [0, 0.1) is 6.92 Å². The zero-order valence-electron chi connectivity index (χ0n) is 13.8. The van der Waals surface area contributed by atoms with Crippen molar-refractivity contribution in [1.82, 2.24) is 29.8 Å². The summed E-state index contributed by atoms with van der Waals surface area (Å²) in [5.74, 6) is 0.829. The highest BCUT2D eigenvalue weighted by atomic mass is 15.4.